The number of nitrogens with one attached hydrogen (secondary N) is 1. The molecular weight excluding hydrogens is 160 g/mol. The van der Waals surface area contributed by atoms with Gasteiger partial charge in [-0.2, -0.15) is 0 Å². The van der Waals surface area contributed by atoms with Crippen LogP contribution in [0.15, 0.2) is 0 Å². The summed E-state index contributed by atoms with van der Waals surface area (Å²) in [4.78, 5) is 2.57. The molecule has 1 aliphatic carbocycles. The van der Waals surface area contributed by atoms with Gasteiger partial charge in [-0.25, -0.2) is 0 Å². The van der Waals surface area contributed by atoms with Gasteiger partial charge in [0, 0.05) is 18.6 Å². The van der Waals surface area contributed by atoms with Crippen LogP contribution in [-0.4, -0.2) is 36.6 Å². The van der Waals surface area contributed by atoms with E-state index in [4.69, 9.17) is 0 Å². The monoisotopic (exact) mass is 182 g/mol. The highest BCUT2D eigenvalue weighted by molar-refractivity contribution is 4.88. The van der Waals surface area contributed by atoms with E-state index in [0.717, 1.165) is 18.0 Å². The van der Waals surface area contributed by atoms with Crippen molar-refractivity contribution >= 4 is 0 Å². The third-order valence-corrected chi connectivity index (χ3v) is 3.54. The fourth-order valence-corrected chi connectivity index (χ4v) is 2.32. The quantitative estimate of drug-likeness (QED) is 0.708. The summed E-state index contributed by atoms with van der Waals surface area (Å²) in [7, 11) is 0. The Hall–Kier alpha value is -0.0800. The van der Waals surface area contributed by atoms with Gasteiger partial charge in [-0.05, 0) is 45.2 Å². The van der Waals surface area contributed by atoms with Crippen LogP contribution in [0.5, 0.6) is 0 Å². The third-order valence-electron chi connectivity index (χ3n) is 3.54. The van der Waals surface area contributed by atoms with Gasteiger partial charge in [-0.1, -0.05) is 6.92 Å². The molecule has 0 radical (unpaired) electrons. The summed E-state index contributed by atoms with van der Waals surface area (Å²) in [5.74, 6) is 0.903. The average molecular weight is 182 g/mol. The highest BCUT2D eigenvalue weighted by Gasteiger charge is 2.30. The van der Waals surface area contributed by atoms with Gasteiger partial charge >= 0.3 is 0 Å². The van der Waals surface area contributed by atoms with Crippen molar-refractivity contribution in [3.63, 3.8) is 0 Å². The zero-order valence-corrected chi connectivity index (χ0v) is 8.92. The number of nitrogens with zero attached hydrogens (tertiary/aromatic N) is 1. The lowest BCUT2D eigenvalue weighted by Crippen LogP contribution is -2.36. The van der Waals surface area contributed by atoms with Crippen LogP contribution < -0.4 is 5.32 Å². The summed E-state index contributed by atoms with van der Waals surface area (Å²) in [5.41, 5.74) is 0. The minimum atomic E-state index is 0.740. The molecule has 1 N–H and O–H groups in total. The van der Waals surface area contributed by atoms with Crippen molar-refractivity contribution < 1.29 is 0 Å². The van der Waals surface area contributed by atoms with E-state index < -0.39 is 0 Å². The Kier molecular flexibility index (Phi) is 2.89. The van der Waals surface area contributed by atoms with Gasteiger partial charge in [0.25, 0.3) is 0 Å². The molecule has 1 saturated heterocycles. The first-order chi connectivity index (χ1) is 6.29. The molecule has 2 aliphatic rings. The topological polar surface area (TPSA) is 15.3 Å². The van der Waals surface area contributed by atoms with Crippen LogP contribution in [0.25, 0.3) is 0 Å². The van der Waals surface area contributed by atoms with Crippen LogP contribution >= 0.6 is 0 Å². The van der Waals surface area contributed by atoms with E-state index in [1.807, 2.05) is 0 Å². The van der Waals surface area contributed by atoms with Gasteiger partial charge in [-0.3, -0.25) is 0 Å². The first-order valence-electron chi connectivity index (χ1n) is 5.78. The van der Waals surface area contributed by atoms with E-state index in [1.165, 1.54) is 38.9 Å². The summed E-state index contributed by atoms with van der Waals surface area (Å²) < 4.78 is 0. The van der Waals surface area contributed by atoms with Crippen LogP contribution in [-0.2, 0) is 0 Å². The highest BCUT2D eigenvalue weighted by atomic mass is 15.1. The maximum atomic E-state index is 3.71. The molecule has 0 aromatic carbocycles. The number of hydrogen-bond acceptors (Lipinski definition) is 2. The molecule has 2 heteroatoms. The van der Waals surface area contributed by atoms with Crippen LogP contribution in [0.2, 0.25) is 0 Å². The number of likely N-dealkylation sites (tertiary alicyclic amines) is 1. The second-order valence-corrected chi connectivity index (χ2v) is 4.67. The third kappa shape index (κ3) is 2.44. The summed E-state index contributed by atoms with van der Waals surface area (Å²) in [6.45, 7) is 8.49. The van der Waals surface area contributed by atoms with Gasteiger partial charge < -0.3 is 10.2 Å². The van der Waals surface area contributed by atoms with Crippen LogP contribution in [0.4, 0.5) is 0 Å². The molecule has 0 bridgehead atoms. The van der Waals surface area contributed by atoms with Gasteiger partial charge in [-0.15, -0.1) is 0 Å². The van der Waals surface area contributed by atoms with E-state index >= 15 is 0 Å². The first kappa shape index (κ1) is 9.47. The molecule has 1 heterocycles. The van der Waals surface area contributed by atoms with Crippen molar-refractivity contribution in [3.8, 4) is 0 Å². The maximum Gasteiger partial charge on any atom is 0.00822 e. The lowest BCUT2D eigenvalue weighted by atomic mass is 10.0. The van der Waals surface area contributed by atoms with Gasteiger partial charge in [0.15, 0.2) is 0 Å². The fraction of sp³-hybridized carbons (Fsp3) is 1.00. The molecule has 0 aromatic rings. The Morgan fingerprint density at radius 2 is 2.15 bits per heavy atom. The standard InChI is InChI=1S/C11H22N2/c1-3-13-7-6-10(8-13)9(2)12-11-4-5-11/h9-12H,3-8H2,1-2H3. The molecule has 0 spiro atoms. The van der Waals surface area contributed by atoms with E-state index in [0.29, 0.717) is 0 Å². The van der Waals surface area contributed by atoms with Crippen molar-refractivity contribution in [2.75, 3.05) is 19.6 Å². The zero-order valence-electron chi connectivity index (χ0n) is 8.92. The Balaban J connectivity index is 1.73. The largest absolute Gasteiger partial charge is 0.311 e. The van der Waals surface area contributed by atoms with Crippen molar-refractivity contribution in [1.82, 2.24) is 10.2 Å². The van der Waals surface area contributed by atoms with E-state index in [-0.39, 0.29) is 0 Å². The Morgan fingerprint density at radius 1 is 1.38 bits per heavy atom. The molecule has 2 rings (SSSR count). The number of hydrogen-bond donors (Lipinski definition) is 1. The van der Waals surface area contributed by atoms with E-state index in [2.05, 4.69) is 24.1 Å². The SMILES string of the molecule is CCN1CCC(C(C)NC2CC2)C1. The Labute approximate surface area is 81.7 Å². The molecule has 0 amide bonds. The molecule has 2 fully saturated rings. The molecule has 13 heavy (non-hydrogen) atoms. The zero-order chi connectivity index (χ0) is 9.26. The average Bonchev–Trinajstić information content (AvgIpc) is 2.82. The Morgan fingerprint density at radius 3 is 2.69 bits per heavy atom. The van der Waals surface area contributed by atoms with Gasteiger partial charge in [0.1, 0.15) is 0 Å². The second kappa shape index (κ2) is 3.97. The van der Waals surface area contributed by atoms with E-state index in [9.17, 15) is 0 Å². The molecule has 1 aliphatic heterocycles. The molecule has 2 atom stereocenters. The first-order valence-corrected chi connectivity index (χ1v) is 5.78. The van der Waals surface area contributed by atoms with Crippen molar-refractivity contribution in [1.29, 1.82) is 0 Å². The molecule has 0 aromatic heterocycles. The summed E-state index contributed by atoms with van der Waals surface area (Å²) in [6.07, 6.45) is 4.22. The predicted octanol–water partition coefficient (Wildman–Crippen LogP) is 1.47. The lowest BCUT2D eigenvalue weighted by Gasteiger charge is -2.21. The maximum absolute atomic E-state index is 3.71. The van der Waals surface area contributed by atoms with Crippen molar-refractivity contribution in [2.24, 2.45) is 5.92 Å². The smallest absolute Gasteiger partial charge is 0.00822 e. The highest BCUT2D eigenvalue weighted by Crippen LogP contribution is 2.24. The second-order valence-electron chi connectivity index (χ2n) is 4.67. The van der Waals surface area contributed by atoms with Crippen molar-refractivity contribution in [2.45, 2.75) is 45.2 Å². The minimum absolute atomic E-state index is 0.740. The van der Waals surface area contributed by atoms with Crippen LogP contribution in [0.1, 0.15) is 33.1 Å². The summed E-state index contributed by atoms with van der Waals surface area (Å²) in [5, 5.41) is 3.71. The Bertz CT molecular complexity index is 165. The predicted molar refractivity (Wildman–Crippen MR) is 55.8 cm³/mol. The van der Waals surface area contributed by atoms with Gasteiger partial charge in [0.2, 0.25) is 0 Å². The molecular formula is C11H22N2. The normalized spacial score (nSPS) is 32.3. The molecule has 76 valence electrons. The van der Waals surface area contributed by atoms with Crippen molar-refractivity contribution in [3.05, 3.63) is 0 Å². The molecule has 2 unspecified atom stereocenters. The molecule has 1 saturated carbocycles. The van der Waals surface area contributed by atoms with E-state index in [1.54, 1.807) is 0 Å². The summed E-state index contributed by atoms with van der Waals surface area (Å²) >= 11 is 0. The van der Waals surface area contributed by atoms with Gasteiger partial charge in [0.05, 0.1) is 0 Å². The fourth-order valence-electron chi connectivity index (χ4n) is 2.32. The van der Waals surface area contributed by atoms with Crippen LogP contribution in [0, 0.1) is 5.92 Å². The summed E-state index contributed by atoms with van der Waals surface area (Å²) in [6, 6.07) is 1.61. The number of rotatable bonds is 4. The molecule has 2 nitrogen and oxygen atoms in total. The van der Waals surface area contributed by atoms with Crippen LogP contribution in [0.3, 0.4) is 0 Å². The minimum Gasteiger partial charge on any atom is -0.311 e. The lowest BCUT2D eigenvalue weighted by molar-refractivity contribution is 0.315.